The molecule has 0 saturated heterocycles. The van der Waals surface area contributed by atoms with Crippen LogP contribution < -0.4 is 0 Å². The summed E-state index contributed by atoms with van der Waals surface area (Å²) in [5, 5.41) is 0. The van der Waals surface area contributed by atoms with Crippen molar-refractivity contribution in [2.75, 3.05) is 6.61 Å². The van der Waals surface area contributed by atoms with Crippen LogP contribution in [0.4, 0.5) is 0 Å². The highest BCUT2D eigenvalue weighted by Crippen LogP contribution is 1.98. The van der Waals surface area contributed by atoms with Crippen LogP contribution in [0.5, 0.6) is 0 Å². The van der Waals surface area contributed by atoms with E-state index < -0.39 is 0 Å². The quantitative estimate of drug-likeness (QED) is 0.464. The molecule has 1 nitrogen and oxygen atoms in total. The zero-order valence-corrected chi connectivity index (χ0v) is 7.61. The van der Waals surface area contributed by atoms with E-state index in [0.717, 1.165) is 6.61 Å². The highest BCUT2D eigenvalue weighted by atomic mass is 79.9. The summed E-state index contributed by atoms with van der Waals surface area (Å²) in [7, 11) is 0. The molecule has 0 aliphatic rings. The predicted molar refractivity (Wildman–Crippen MR) is 46.2 cm³/mol. The van der Waals surface area contributed by atoms with Gasteiger partial charge >= 0.3 is 6.31 Å². The van der Waals surface area contributed by atoms with Crippen molar-refractivity contribution in [3.05, 3.63) is 0 Å². The van der Waals surface area contributed by atoms with Crippen LogP contribution in [0.2, 0.25) is 0 Å². The SMILES string of the molecule is CCCCCCOBBr. The summed E-state index contributed by atoms with van der Waals surface area (Å²) in [5.41, 5.74) is 0. The Hall–Kier alpha value is 0.505. The summed E-state index contributed by atoms with van der Waals surface area (Å²) in [6, 6.07) is 0. The second-order valence-electron chi connectivity index (χ2n) is 2.08. The summed E-state index contributed by atoms with van der Waals surface area (Å²) in [6.45, 7) is 3.12. The maximum absolute atomic E-state index is 5.10. The number of hydrogen-bond donors (Lipinski definition) is 0. The Morgan fingerprint density at radius 2 is 2.11 bits per heavy atom. The summed E-state index contributed by atoms with van der Waals surface area (Å²) in [5.74, 6) is 0. The molecule has 54 valence electrons. The van der Waals surface area contributed by atoms with Gasteiger partial charge in [0.1, 0.15) is 0 Å². The van der Waals surface area contributed by atoms with Gasteiger partial charge in [-0.2, -0.15) is 0 Å². The fourth-order valence-corrected chi connectivity index (χ4v) is 0.914. The van der Waals surface area contributed by atoms with Crippen LogP contribution in [0.25, 0.3) is 0 Å². The summed E-state index contributed by atoms with van der Waals surface area (Å²) in [4.78, 5) is 0. The van der Waals surface area contributed by atoms with E-state index in [1.54, 1.807) is 0 Å². The summed E-state index contributed by atoms with van der Waals surface area (Å²) in [6.07, 6.45) is 5.84. The van der Waals surface area contributed by atoms with E-state index in [9.17, 15) is 0 Å². The van der Waals surface area contributed by atoms with Crippen LogP contribution in [-0.4, -0.2) is 12.9 Å². The standard InChI is InChI=1S/C6H14BBrO/c1-2-3-4-5-6-9-7-8/h7H,2-6H2,1H3. The van der Waals surface area contributed by atoms with Gasteiger partial charge in [0.05, 0.1) is 0 Å². The third-order valence-corrected chi connectivity index (χ3v) is 1.54. The van der Waals surface area contributed by atoms with Crippen LogP contribution in [0.1, 0.15) is 32.6 Å². The van der Waals surface area contributed by atoms with Gasteiger partial charge in [-0.25, -0.2) is 0 Å². The minimum absolute atomic E-state index is 0.680. The average molecular weight is 193 g/mol. The van der Waals surface area contributed by atoms with Crippen LogP contribution in [0.15, 0.2) is 0 Å². The highest BCUT2D eigenvalue weighted by Gasteiger charge is 1.86. The Balaban J connectivity index is 2.60. The normalized spacial score (nSPS) is 9.56. The molecule has 3 heteroatoms. The zero-order chi connectivity index (χ0) is 6.95. The summed E-state index contributed by atoms with van der Waals surface area (Å²) < 4.78 is 5.10. The lowest BCUT2D eigenvalue weighted by molar-refractivity contribution is 0.331. The Morgan fingerprint density at radius 1 is 1.33 bits per heavy atom. The first-order chi connectivity index (χ1) is 4.41. The fourth-order valence-electron chi connectivity index (χ4n) is 0.685. The van der Waals surface area contributed by atoms with Crippen LogP contribution in [0, 0.1) is 0 Å². The minimum atomic E-state index is 0.680. The van der Waals surface area contributed by atoms with Gasteiger partial charge in [-0.15, -0.1) is 15.8 Å². The molecule has 0 spiro atoms. The molecule has 0 fully saturated rings. The van der Waals surface area contributed by atoms with Crippen molar-refractivity contribution in [2.24, 2.45) is 0 Å². The van der Waals surface area contributed by atoms with Crippen molar-refractivity contribution < 1.29 is 4.65 Å². The van der Waals surface area contributed by atoms with Crippen molar-refractivity contribution in [3.63, 3.8) is 0 Å². The maximum Gasteiger partial charge on any atom is 0.352 e. The first-order valence-corrected chi connectivity index (χ1v) is 4.67. The minimum Gasteiger partial charge on any atom is -0.428 e. The molecule has 0 aromatic carbocycles. The van der Waals surface area contributed by atoms with E-state index >= 15 is 0 Å². The van der Waals surface area contributed by atoms with Gasteiger partial charge in [-0.1, -0.05) is 26.2 Å². The average Bonchev–Trinajstić information content (AvgIpc) is 1.89. The Labute approximate surface area is 66.4 Å². The zero-order valence-electron chi connectivity index (χ0n) is 6.03. The van der Waals surface area contributed by atoms with Crippen molar-refractivity contribution in [1.29, 1.82) is 0 Å². The molecule has 0 saturated carbocycles. The Kier molecular flexibility index (Phi) is 8.98. The van der Waals surface area contributed by atoms with E-state index in [0.29, 0.717) is 6.31 Å². The highest BCUT2D eigenvalue weighted by molar-refractivity contribution is 9.23. The molecule has 0 aromatic heterocycles. The molecule has 0 atom stereocenters. The molecule has 0 bridgehead atoms. The Bertz CT molecular complexity index is 46.3. The predicted octanol–water partition coefficient (Wildman–Crippen LogP) is 2.24. The van der Waals surface area contributed by atoms with Gasteiger partial charge in [-0.05, 0) is 6.42 Å². The smallest absolute Gasteiger partial charge is 0.352 e. The van der Waals surface area contributed by atoms with Gasteiger partial charge in [0.2, 0.25) is 0 Å². The fraction of sp³-hybridized carbons (Fsp3) is 1.00. The first-order valence-electron chi connectivity index (χ1n) is 3.55. The molecule has 0 radical (unpaired) electrons. The van der Waals surface area contributed by atoms with E-state index in [2.05, 4.69) is 22.7 Å². The molecule has 9 heavy (non-hydrogen) atoms. The molecule has 0 amide bonds. The van der Waals surface area contributed by atoms with Gasteiger partial charge in [0, 0.05) is 6.61 Å². The molecular weight excluding hydrogens is 179 g/mol. The van der Waals surface area contributed by atoms with Gasteiger partial charge < -0.3 is 4.65 Å². The lowest BCUT2D eigenvalue weighted by atomic mass is 10.2. The Morgan fingerprint density at radius 3 is 2.67 bits per heavy atom. The van der Waals surface area contributed by atoms with E-state index in [1.165, 1.54) is 25.7 Å². The monoisotopic (exact) mass is 192 g/mol. The van der Waals surface area contributed by atoms with Crippen LogP contribution in [-0.2, 0) is 4.65 Å². The molecule has 0 aliphatic heterocycles. The van der Waals surface area contributed by atoms with Gasteiger partial charge in [-0.3, -0.25) is 0 Å². The second kappa shape index (κ2) is 8.50. The second-order valence-corrected chi connectivity index (χ2v) is 2.54. The lowest BCUT2D eigenvalue weighted by Gasteiger charge is -1.97. The molecule has 0 aliphatic carbocycles. The lowest BCUT2D eigenvalue weighted by Crippen LogP contribution is -1.93. The molecule has 0 heterocycles. The molecule has 0 rings (SSSR count). The molecule has 0 aromatic rings. The van der Waals surface area contributed by atoms with Crippen molar-refractivity contribution >= 4 is 22.1 Å². The van der Waals surface area contributed by atoms with Crippen LogP contribution >= 0.6 is 15.8 Å². The van der Waals surface area contributed by atoms with Gasteiger partial charge in [0.25, 0.3) is 0 Å². The third-order valence-electron chi connectivity index (χ3n) is 1.22. The van der Waals surface area contributed by atoms with E-state index in [1.807, 2.05) is 0 Å². The van der Waals surface area contributed by atoms with Crippen molar-refractivity contribution in [1.82, 2.24) is 0 Å². The topological polar surface area (TPSA) is 9.23 Å². The number of halogens is 1. The van der Waals surface area contributed by atoms with E-state index in [4.69, 9.17) is 4.65 Å². The van der Waals surface area contributed by atoms with Crippen molar-refractivity contribution in [3.8, 4) is 0 Å². The molecule has 0 N–H and O–H groups in total. The molecule has 0 unspecified atom stereocenters. The summed E-state index contributed by atoms with van der Waals surface area (Å²) >= 11 is 3.20. The van der Waals surface area contributed by atoms with Crippen molar-refractivity contribution in [2.45, 2.75) is 32.6 Å². The first kappa shape index (κ1) is 9.50. The number of hydrogen-bond acceptors (Lipinski definition) is 1. The van der Waals surface area contributed by atoms with Crippen LogP contribution in [0.3, 0.4) is 0 Å². The third kappa shape index (κ3) is 8.50. The molecular formula is C6H14BBrO. The number of unbranched alkanes of at least 4 members (excludes halogenated alkanes) is 3. The maximum atomic E-state index is 5.10. The number of rotatable bonds is 6. The van der Waals surface area contributed by atoms with E-state index in [-0.39, 0.29) is 0 Å². The van der Waals surface area contributed by atoms with Gasteiger partial charge in [0.15, 0.2) is 0 Å². The largest absolute Gasteiger partial charge is 0.428 e.